The number of amides is 2. The van der Waals surface area contributed by atoms with E-state index in [9.17, 15) is 9.59 Å². The Balaban J connectivity index is 1.83. The molecule has 1 aromatic rings. The van der Waals surface area contributed by atoms with Crippen LogP contribution in [-0.2, 0) is 9.59 Å². The van der Waals surface area contributed by atoms with E-state index in [1.165, 1.54) is 11.8 Å². The molecule has 5 heteroatoms. The summed E-state index contributed by atoms with van der Waals surface area (Å²) in [6.07, 6.45) is 0.311. The number of para-hydroxylation sites is 1. The van der Waals surface area contributed by atoms with Gasteiger partial charge in [-0.1, -0.05) is 18.2 Å². The molecule has 0 bridgehead atoms. The summed E-state index contributed by atoms with van der Waals surface area (Å²) in [5, 5.41) is 5.43. The molecule has 1 aliphatic heterocycles. The third-order valence-corrected chi connectivity index (χ3v) is 3.28. The smallest absolute Gasteiger partial charge is 0.230 e. The minimum absolute atomic E-state index is 0.00233. The maximum atomic E-state index is 11.6. The Morgan fingerprint density at radius 1 is 1.44 bits per heavy atom. The molecule has 4 nitrogen and oxygen atoms in total. The molecule has 16 heavy (non-hydrogen) atoms. The summed E-state index contributed by atoms with van der Waals surface area (Å²) in [4.78, 5) is 22.5. The molecular formula is C11H12N2O2S. The van der Waals surface area contributed by atoms with Gasteiger partial charge in [0.05, 0.1) is 17.5 Å². The molecule has 0 radical (unpaired) electrons. The van der Waals surface area contributed by atoms with Crippen molar-refractivity contribution in [3.05, 3.63) is 30.3 Å². The fraction of sp³-hybridized carbons (Fsp3) is 0.273. The number of benzene rings is 1. The van der Waals surface area contributed by atoms with Gasteiger partial charge in [-0.25, -0.2) is 0 Å². The number of rotatable bonds is 3. The summed E-state index contributed by atoms with van der Waals surface area (Å²) < 4.78 is 0. The van der Waals surface area contributed by atoms with E-state index in [-0.39, 0.29) is 17.2 Å². The Morgan fingerprint density at radius 2 is 2.19 bits per heavy atom. The standard InChI is InChI=1S/C11H12N2O2S/c14-9(6-11-13-10(15)7-16-11)12-8-4-2-1-3-5-8/h1-5,11H,6-7H2,(H,12,14)(H,13,15)/t11-/m0/s1. The third-order valence-electron chi connectivity index (χ3n) is 2.17. The normalized spacial score (nSPS) is 19.2. The molecule has 1 aromatic carbocycles. The summed E-state index contributed by atoms with van der Waals surface area (Å²) in [6.45, 7) is 0. The lowest BCUT2D eigenvalue weighted by atomic mass is 10.3. The zero-order chi connectivity index (χ0) is 11.4. The maximum Gasteiger partial charge on any atom is 0.230 e. The first-order chi connectivity index (χ1) is 7.74. The van der Waals surface area contributed by atoms with E-state index in [0.717, 1.165) is 5.69 Å². The summed E-state index contributed by atoms with van der Waals surface area (Å²) in [5.74, 6) is 0.372. The Bertz CT molecular complexity index is 394. The number of hydrogen-bond acceptors (Lipinski definition) is 3. The molecule has 0 aromatic heterocycles. The lowest BCUT2D eigenvalue weighted by Gasteiger charge is -2.09. The predicted octanol–water partition coefficient (Wildman–Crippen LogP) is 1.20. The van der Waals surface area contributed by atoms with Gasteiger partial charge in [0.1, 0.15) is 0 Å². The van der Waals surface area contributed by atoms with Crippen LogP contribution in [0.4, 0.5) is 5.69 Å². The van der Waals surface area contributed by atoms with Crippen LogP contribution in [0.15, 0.2) is 30.3 Å². The number of nitrogens with one attached hydrogen (secondary N) is 2. The van der Waals surface area contributed by atoms with E-state index in [1.807, 2.05) is 30.3 Å². The second-order valence-corrected chi connectivity index (χ2v) is 4.68. The van der Waals surface area contributed by atoms with E-state index in [1.54, 1.807) is 0 Å². The van der Waals surface area contributed by atoms with Gasteiger partial charge in [0.25, 0.3) is 0 Å². The zero-order valence-electron chi connectivity index (χ0n) is 8.60. The van der Waals surface area contributed by atoms with E-state index in [0.29, 0.717) is 12.2 Å². The highest BCUT2D eigenvalue weighted by Crippen LogP contribution is 2.18. The molecule has 0 unspecified atom stereocenters. The molecule has 0 saturated carbocycles. The molecular weight excluding hydrogens is 224 g/mol. The van der Waals surface area contributed by atoms with Gasteiger partial charge in [-0.15, -0.1) is 11.8 Å². The first kappa shape index (κ1) is 11.0. The van der Waals surface area contributed by atoms with E-state index >= 15 is 0 Å². The van der Waals surface area contributed by atoms with Crippen molar-refractivity contribution in [1.82, 2.24) is 5.32 Å². The number of thioether (sulfide) groups is 1. The molecule has 2 amide bonds. The van der Waals surface area contributed by atoms with Crippen LogP contribution in [0.5, 0.6) is 0 Å². The second kappa shape index (κ2) is 5.03. The Kier molecular flexibility index (Phi) is 3.46. The van der Waals surface area contributed by atoms with E-state index in [4.69, 9.17) is 0 Å². The lowest BCUT2D eigenvalue weighted by Crippen LogP contribution is -2.29. The Labute approximate surface area is 97.8 Å². The lowest BCUT2D eigenvalue weighted by molar-refractivity contribution is -0.118. The first-order valence-electron chi connectivity index (χ1n) is 5.00. The van der Waals surface area contributed by atoms with Crippen LogP contribution in [0.25, 0.3) is 0 Å². The molecule has 2 N–H and O–H groups in total. The predicted molar refractivity (Wildman–Crippen MR) is 64.1 cm³/mol. The van der Waals surface area contributed by atoms with Gasteiger partial charge in [-0.3, -0.25) is 9.59 Å². The fourth-order valence-electron chi connectivity index (χ4n) is 1.45. The van der Waals surface area contributed by atoms with E-state index in [2.05, 4.69) is 10.6 Å². The van der Waals surface area contributed by atoms with E-state index < -0.39 is 0 Å². The first-order valence-corrected chi connectivity index (χ1v) is 6.05. The molecule has 0 aliphatic carbocycles. The Morgan fingerprint density at radius 3 is 2.81 bits per heavy atom. The third kappa shape index (κ3) is 3.00. The van der Waals surface area contributed by atoms with Crippen molar-refractivity contribution < 1.29 is 9.59 Å². The van der Waals surface area contributed by atoms with Gasteiger partial charge in [-0.05, 0) is 12.1 Å². The van der Waals surface area contributed by atoms with Crippen molar-refractivity contribution in [2.24, 2.45) is 0 Å². The quantitative estimate of drug-likeness (QED) is 0.829. The highest BCUT2D eigenvalue weighted by atomic mass is 32.2. The average Bonchev–Trinajstić information content (AvgIpc) is 2.65. The monoisotopic (exact) mass is 236 g/mol. The minimum Gasteiger partial charge on any atom is -0.343 e. The number of hydrogen-bond donors (Lipinski definition) is 2. The van der Waals surface area contributed by atoms with Gasteiger partial charge in [0, 0.05) is 5.69 Å². The average molecular weight is 236 g/mol. The maximum absolute atomic E-state index is 11.6. The molecule has 1 fully saturated rings. The van der Waals surface area contributed by atoms with Crippen LogP contribution in [0.1, 0.15) is 6.42 Å². The van der Waals surface area contributed by atoms with Crippen LogP contribution >= 0.6 is 11.8 Å². The summed E-state index contributed by atoms with van der Waals surface area (Å²) in [6, 6.07) is 9.28. The Hall–Kier alpha value is -1.49. The van der Waals surface area contributed by atoms with Crippen LogP contribution in [0, 0.1) is 0 Å². The van der Waals surface area contributed by atoms with Crippen molar-refractivity contribution in [3.8, 4) is 0 Å². The van der Waals surface area contributed by atoms with Gasteiger partial charge >= 0.3 is 0 Å². The summed E-state index contributed by atoms with van der Waals surface area (Å²) in [5.41, 5.74) is 0.779. The van der Waals surface area contributed by atoms with Crippen molar-refractivity contribution in [1.29, 1.82) is 0 Å². The number of carbonyl (C=O) groups excluding carboxylic acids is 2. The summed E-state index contributed by atoms with van der Waals surface area (Å²) in [7, 11) is 0. The van der Waals surface area contributed by atoms with Crippen LogP contribution in [0.2, 0.25) is 0 Å². The van der Waals surface area contributed by atoms with Crippen molar-refractivity contribution in [2.45, 2.75) is 11.8 Å². The largest absolute Gasteiger partial charge is 0.343 e. The fourth-order valence-corrected chi connectivity index (χ4v) is 2.37. The minimum atomic E-state index is -0.0868. The molecule has 84 valence electrons. The zero-order valence-corrected chi connectivity index (χ0v) is 9.42. The van der Waals surface area contributed by atoms with Gasteiger partial charge < -0.3 is 10.6 Å². The SMILES string of the molecule is O=C(C[C@H]1NC(=O)CS1)Nc1ccccc1. The van der Waals surface area contributed by atoms with Crippen LogP contribution < -0.4 is 10.6 Å². The van der Waals surface area contributed by atoms with Crippen LogP contribution in [-0.4, -0.2) is 22.9 Å². The molecule has 1 aliphatic rings. The number of carbonyl (C=O) groups is 2. The number of anilines is 1. The van der Waals surface area contributed by atoms with Gasteiger partial charge in [0.2, 0.25) is 11.8 Å². The molecule has 1 heterocycles. The topological polar surface area (TPSA) is 58.2 Å². The van der Waals surface area contributed by atoms with Gasteiger partial charge in [-0.2, -0.15) is 0 Å². The van der Waals surface area contributed by atoms with Crippen molar-refractivity contribution in [3.63, 3.8) is 0 Å². The molecule has 1 saturated heterocycles. The summed E-state index contributed by atoms with van der Waals surface area (Å²) >= 11 is 1.47. The van der Waals surface area contributed by atoms with Gasteiger partial charge in [0.15, 0.2) is 0 Å². The second-order valence-electron chi connectivity index (χ2n) is 3.49. The van der Waals surface area contributed by atoms with Crippen molar-refractivity contribution in [2.75, 3.05) is 11.1 Å². The highest BCUT2D eigenvalue weighted by Gasteiger charge is 2.23. The molecule has 2 rings (SSSR count). The molecule has 0 spiro atoms. The highest BCUT2D eigenvalue weighted by molar-refractivity contribution is 8.01. The van der Waals surface area contributed by atoms with Crippen LogP contribution in [0.3, 0.4) is 0 Å². The van der Waals surface area contributed by atoms with Crippen molar-refractivity contribution >= 4 is 29.3 Å². The molecule has 1 atom stereocenters.